The van der Waals surface area contributed by atoms with Gasteiger partial charge in [0.1, 0.15) is 5.82 Å². The topological polar surface area (TPSA) is 106 Å². The van der Waals surface area contributed by atoms with Crippen LogP contribution < -0.4 is 19.3 Å². The summed E-state index contributed by atoms with van der Waals surface area (Å²) in [6.45, 7) is 1.99. The van der Waals surface area contributed by atoms with Crippen molar-refractivity contribution < 1.29 is 37.8 Å². The number of Topliss-reactive ketones (excluding diaryl/α,β-unsaturated/α-hetero) is 1. The number of piperazine rings is 1. The van der Waals surface area contributed by atoms with Gasteiger partial charge < -0.3 is 19.1 Å². The maximum Gasteiger partial charge on any atom is 0.338 e. The molecule has 2 saturated heterocycles. The highest BCUT2D eigenvalue weighted by molar-refractivity contribution is 6.22. The van der Waals surface area contributed by atoms with Crippen molar-refractivity contribution in [2.45, 2.75) is 12.5 Å². The van der Waals surface area contributed by atoms with E-state index in [9.17, 15) is 23.6 Å². The lowest BCUT2D eigenvalue weighted by atomic mass is 10.1. The average Bonchev–Trinajstić information content (AvgIpc) is 3.32. The molecule has 0 aromatic heterocycles. The number of esters is 1. The van der Waals surface area contributed by atoms with Crippen LogP contribution in [-0.4, -0.2) is 81.5 Å². The van der Waals surface area contributed by atoms with Crippen LogP contribution in [0.2, 0.25) is 0 Å². The zero-order valence-corrected chi connectivity index (χ0v) is 23.2. The first kappa shape index (κ1) is 28.7. The van der Waals surface area contributed by atoms with Gasteiger partial charge in [0.2, 0.25) is 5.91 Å². The molecule has 2 aliphatic heterocycles. The highest BCUT2D eigenvalue weighted by atomic mass is 19.1. The van der Waals surface area contributed by atoms with Crippen molar-refractivity contribution in [3.05, 3.63) is 83.7 Å². The molecule has 0 spiro atoms. The molecule has 11 heteroatoms. The zero-order valence-electron chi connectivity index (χ0n) is 23.2. The fraction of sp³-hybridized carbons (Fsp3) is 0.290. The number of hydrogen-bond acceptors (Lipinski definition) is 9. The van der Waals surface area contributed by atoms with Gasteiger partial charge in [0.15, 0.2) is 23.9 Å². The van der Waals surface area contributed by atoms with E-state index in [1.807, 2.05) is 4.90 Å². The minimum Gasteiger partial charge on any atom is -0.493 e. The van der Waals surface area contributed by atoms with Crippen molar-refractivity contribution in [3.8, 4) is 11.5 Å². The minimum atomic E-state index is -0.716. The van der Waals surface area contributed by atoms with Crippen LogP contribution in [0.1, 0.15) is 27.1 Å². The second kappa shape index (κ2) is 12.4. The average molecular weight is 576 g/mol. The summed E-state index contributed by atoms with van der Waals surface area (Å²) in [4.78, 5) is 56.5. The van der Waals surface area contributed by atoms with Gasteiger partial charge in [-0.2, -0.15) is 0 Å². The molecule has 2 amide bonds. The van der Waals surface area contributed by atoms with Gasteiger partial charge in [-0.3, -0.25) is 19.3 Å². The number of carbonyl (C=O) groups is 4. The molecule has 3 aromatic rings. The zero-order chi connectivity index (χ0) is 29.8. The molecular formula is C31H30FN3O7. The fourth-order valence-corrected chi connectivity index (χ4v) is 5.17. The lowest BCUT2D eigenvalue weighted by Crippen LogP contribution is -2.52. The Morgan fingerprint density at radius 1 is 0.810 bits per heavy atom. The molecule has 0 N–H and O–H groups in total. The third kappa shape index (κ3) is 5.96. The number of rotatable bonds is 9. The molecule has 10 nitrogen and oxygen atoms in total. The molecule has 0 saturated carbocycles. The molecule has 0 radical (unpaired) electrons. The van der Waals surface area contributed by atoms with Crippen LogP contribution in [0, 0.1) is 5.82 Å². The van der Waals surface area contributed by atoms with Gasteiger partial charge in [-0.15, -0.1) is 0 Å². The standard InChI is InChI=1S/C31H30FN3O7/c1-40-27-12-5-21(17-28(27)41-2)26(36)19-42-31(39)20-3-8-24(9-4-20)35-29(37)18-25(30(35)38)34-15-13-33(14-16-34)23-10-6-22(32)7-11-23/h3-12,17,25H,13-16,18-19H2,1-2H3. The largest absolute Gasteiger partial charge is 0.493 e. The van der Waals surface area contributed by atoms with Crippen molar-refractivity contribution in [1.82, 2.24) is 4.90 Å². The van der Waals surface area contributed by atoms with Gasteiger partial charge in [0, 0.05) is 37.4 Å². The van der Waals surface area contributed by atoms with Crippen LogP contribution in [-0.2, 0) is 14.3 Å². The van der Waals surface area contributed by atoms with Crippen LogP contribution in [0.3, 0.4) is 0 Å². The van der Waals surface area contributed by atoms with E-state index in [1.54, 1.807) is 24.3 Å². The third-order valence-electron chi connectivity index (χ3n) is 7.47. The first-order valence-corrected chi connectivity index (χ1v) is 13.4. The molecule has 42 heavy (non-hydrogen) atoms. The number of amides is 2. The molecule has 2 fully saturated rings. The Bertz CT molecular complexity index is 1490. The molecule has 3 aromatic carbocycles. The first-order chi connectivity index (χ1) is 20.3. The van der Waals surface area contributed by atoms with E-state index in [0.717, 1.165) is 10.6 Å². The Morgan fingerprint density at radius 2 is 1.43 bits per heavy atom. The van der Waals surface area contributed by atoms with E-state index in [-0.39, 0.29) is 29.6 Å². The first-order valence-electron chi connectivity index (χ1n) is 13.4. The van der Waals surface area contributed by atoms with Crippen molar-refractivity contribution in [3.63, 3.8) is 0 Å². The number of benzene rings is 3. The Kier molecular flexibility index (Phi) is 8.48. The second-order valence-electron chi connectivity index (χ2n) is 9.90. The number of imide groups is 1. The van der Waals surface area contributed by atoms with Crippen molar-refractivity contribution >= 4 is 34.9 Å². The Balaban J connectivity index is 1.16. The summed E-state index contributed by atoms with van der Waals surface area (Å²) in [5.41, 5.74) is 1.74. The number of nitrogens with zero attached hydrogens (tertiary/aromatic N) is 3. The van der Waals surface area contributed by atoms with Crippen LogP contribution in [0.15, 0.2) is 66.7 Å². The van der Waals surface area contributed by atoms with Crippen molar-refractivity contribution in [2.24, 2.45) is 0 Å². The molecule has 2 aliphatic rings. The molecule has 2 heterocycles. The maximum absolute atomic E-state index is 13.3. The molecule has 1 atom stereocenters. The summed E-state index contributed by atoms with van der Waals surface area (Å²) in [5, 5.41) is 0. The predicted octanol–water partition coefficient (Wildman–Crippen LogP) is 3.34. The molecule has 1 unspecified atom stereocenters. The van der Waals surface area contributed by atoms with E-state index < -0.39 is 24.4 Å². The van der Waals surface area contributed by atoms with Crippen molar-refractivity contribution in [2.75, 3.05) is 56.8 Å². The number of halogens is 1. The van der Waals surface area contributed by atoms with Gasteiger partial charge in [0.05, 0.1) is 37.9 Å². The summed E-state index contributed by atoms with van der Waals surface area (Å²) in [7, 11) is 2.94. The molecule has 218 valence electrons. The quantitative estimate of drug-likeness (QED) is 0.216. The molecule has 0 aliphatic carbocycles. The van der Waals surface area contributed by atoms with Gasteiger partial charge in [-0.05, 0) is 66.7 Å². The SMILES string of the molecule is COc1ccc(C(=O)COC(=O)c2ccc(N3C(=O)CC(N4CCN(c5ccc(F)cc5)CC4)C3=O)cc2)cc1OC. The Labute approximate surface area is 242 Å². The molecular weight excluding hydrogens is 545 g/mol. The highest BCUT2D eigenvalue weighted by Crippen LogP contribution is 2.29. The molecule has 5 rings (SSSR count). The van der Waals surface area contributed by atoms with Gasteiger partial charge in [0.25, 0.3) is 5.91 Å². The van der Waals surface area contributed by atoms with Crippen LogP contribution in [0.25, 0.3) is 0 Å². The summed E-state index contributed by atoms with van der Waals surface area (Å²) in [6.07, 6.45) is 0.0669. The number of methoxy groups -OCH3 is 2. The smallest absolute Gasteiger partial charge is 0.338 e. The van der Waals surface area contributed by atoms with Crippen LogP contribution in [0.5, 0.6) is 11.5 Å². The monoisotopic (exact) mass is 575 g/mol. The van der Waals surface area contributed by atoms with Crippen LogP contribution >= 0.6 is 0 Å². The summed E-state index contributed by atoms with van der Waals surface area (Å²) < 4.78 is 28.8. The van der Waals surface area contributed by atoms with Gasteiger partial charge >= 0.3 is 5.97 Å². The number of ketones is 1. The summed E-state index contributed by atoms with van der Waals surface area (Å²) >= 11 is 0. The third-order valence-corrected chi connectivity index (χ3v) is 7.47. The maximum atomic E-state index is 13.3. The summed E-state index contributed by atoms with van der Waals surface area (Å²) in [6, 6.07) is 16.3. The second-order valence-corrected chi connectivity index (χ2v) is 9.90. The molecule has 0 bridgehead atoms. The number of carbonyl (C=O) groups excluding carboxylic acids is 4. The van der Waals surface area contributed by atoms with Crippen molar-refractivity contribution in [1.29, 1.82) is 0 Å². The van der Waals surface area contributed by atoms with E-state index in [2.05, 4.69) is 4.90 Å². The van der Waals surface area contributed by atoms with E-state index >= 15 is 0 Å². The van der Waals surface area contributed by atoms with Crippen LogP contribution in [0.4, 0.5) is 15.8 Å². The fourth-order valence-electron chi connectivity index (χ4n) is 5.17. The normalized spacial score (nSPS) is 17.4. The van der Waals surface area contributed by atoms with E-state index in [0.29, 0.717) is 48.9 Å². The highest BCUT2D eigenvalue weighted by Gasteiger charge is 2.43. The lowest BCUT2D eigenvalue weighted by molar-refractivity contribution is -0.123. The predicted molar refractivity (Wildman–Crippen MR) is 152 cm³/mol. The van der Waals surface area contributed by atoms with Gasteiger partial charge in [-0.25, -0.2) is 14.1 Å². The number of anilines is 2. The van der Waals surface area contributed by atoms with E-state index in [1.165, 1.54) is 56.7 Å². The Hall–Kier alpha value is -4.77. The Morgan fingerprint density at radius 3 is 2.07 bits per heavy atom. The minimum absolute atomic E-state index is 0.0669. The van der Waals surface area contributed by atoms with Gasteiger partial charge in [-0.1, -0.05) is 0 Å². The lowest BCUT2D eigenvalue weighted by Gasteiger charge is -2.38. The summed E-state index contributed by atoms with van der Waals surface area (Å²) in [5.74, 6) is -1.21. The number of ether oxygens (including phenoxy) is 3. The number of hydrogen-bond donors (Lipinski definition) is 0. The van der Waals surface area contributed by atoms with E-state index in [4.69, 9.17) is 14.2 Å².